The van der Waals surface area contributed by atoms with Crippen LogP contribution >= 0.6 is 0 Å². The van der Waals surface area contributed by atoms with E-state index in [9.17, 15) is 45.3 Å². The molecule has 0 aromatic heterocycles. The molecule has 0 spiro atoms. The van der Waals surface area contributed by atoms with Gasteiger partial charge in [0.25, 0.3) is 0 Å². The molecule has 2 rings (SSSR count). The molecule has 15 nitrogen and oxygen atoms in total. The van der Waals surface area contributed by atoms with Crippen molar-refractivity contribution in [2.75, 3.05) is 26.4 Å². The molecule has 0 aliphatic carbocycles. The van der Waals surface area contributed by atoms with Crippen LogP contribution in [0.25, 0.3) is 0 Å². The minimum absolute atomic E-state index is 0.0341. The van der Waals surface area contributed by atoms with Gasteiger partial charge in [0.15, 0.2) is 18.7 Å². The van der Waals surface area contributed by atoms with Gasteiger partial charge in [-0.25, -0.2) is 0 Å². The first-order chi connectivity index (χ1) is 27.0. The molecule has 11 atom stereocenters. The van der Waals surface area contributed by atoms with Gasteiger partial charge in [0.1, 0.15) is 55.4 Å². The highest BCUT2D eigenvalue weighted by molar-refractivity contribution is 5.70. The van der Waals surface area contributed by atoms with Crippen molar-refractivity contribution in [3.05, 3.63) is 72.9 Å². The van der Waals surface area contributed by atoms with Gasteiger partial charge in [-0.1, -0.05) is 86.8 Å². The minimum Gasteiger partial charge on any atom is -0.462 e. The van der Waals surface area contributed by atoms with Gasteiger partial charge in [-0.05, 0) is 51.4 Å². The van der Waals surface area contributed by atoms with Crippen molar-refractivity contribution < 1.29 is 73.8 Å². The Morgan fingerprint density at radius 2 is 1.05 bits per heavy atom. The molecule has 318 valence electrons. The summed E-state index contributed by atoms with van der Waals surface area (Å²) < 4.78 is 32.7. The number of aliphatic hydroxyl groups is 7. The third kappa shape index (κ3) is 18.9. The van der Waals surface area contributed by atoms with Crippen molar-refractivity contribution >= 4 is 11.9 Å². The van der Waals surface area contributed by atoms with Gasteiger partial charge in [0, 0.05) is 12.8 Å². The maximum absolute atomic E-state index is 12.7. The fourth-order valence-electron chi connectivity index (χ4n) is 5.45. The van der Waals surface area contributed by atoms with Gasteiger partial charge in [-0.15, -0.1) is 0 Å². The van der Waals surface area contributed by atoms with E-state index in [-0.39, 0.29) is 19.4 Å². The molecule has 2 saturated heterocycles. The first kappa shape index (κ1) is 49.1. The molecule has 11 unspecified atom stereocenters. The summed E-state index contributed by atoms with van der Waals surface area (Å²) in [6.45, 7) is 1.93. The lowest BCUT2D eigenvalue weighted by atomic mass is 9.98. The molecule has 2 aliphatic heterocycles. The predicted molar refractivity (Wildman–Crippen MR) is 206 cm³/mol. The molecule has 0 saturated carbocycles. The van der Waals surface area contributed by atoms with Gasteiger partial charge in [0.05, 0.1) is 19.8 Å². The highest BCUT2D eigenvalue weighted by Crippen LogP contribution is 2.26. The van der Waals surface area contributed by atoms with E-state index in [1.54, 1.807) is 6.92 Å². The Balaban J connectivity index is 1.80. The van der Waals surface area contributed by atoms with Gasteiger partial charge >= 0.3 is 11.9 Å². The zero-order chi connectivity index (χ0) is 41.1. The van der Waals surface area contributed by atoms with Gasteiger partial charge in [0.2, 0.25) is 0 Å². The van der Waals surface area contributed by atoms with E-state index < -0.39 is 99.3 Å². The highest BCUT2D eigenvalue weighted by Gasteiger charge is 2.47. The molecule has 0 aromatic carbocycles. The molecule has 15 heteroatoms. The summed E-state index contributed by atoms with van der Waals surface area (Å²) in [5, 5.41) is 71.2. The van der Waals surface area contributed by atoms with Crippen LogP contribution in [0.2, 0.25) is 0 Å². The summed E-state index contributed by atoms with van der Waals surface area (Å²) in [6.07, 6.45) is 14.6. The Bertz CT molecular complexity index is 1260. The molecule has 0 aromatic rings. The molecule has 2 fully saturated rings. The zero-order valence-corrected chi connectivity index (χ0v) is 32.6. The monoisotopic (exact) mass is 796 g/mol. The highest BCUT2D eigenvalue weighted by atomic mass is 16.7. The Labute approximate surface area is 330 Å². The quantitative estimate of drug-likeness (QED) is 0.0492. The topological polar surface area (TPSA) is 231 Å². The second-order valence-electron chi connectivity index (χ2n) is 13.4. The molecule has 0 radical (unpaired) electrons. The Hall–Kier alpha value is -3.06. The molecular weight excluding hydrogens is 732 g/mol. The van der Waals surface area contributed by atoms with Crippen LogP contribution in [-0.4, -0.2) is 142 Å². The summed E-state index contributed by atoms with van der Waals surface area (Å²) in [7, 11) is 0. The van der Waals surface area contributed by atoms with Crippen molar-refractivity contribution in [3.63, 3.8) is 0 Å². The standard InChI is InChI=1S/C41H64O15/c1-3-5-6-7-8-9-10-11-12-13-14-15-16-17-18-19-20-21-22-24-33(44)54-29(26-51-32(43)23-4-2)27-52-40-39(50)37(48)35(46)31(56-40)28-53-41-38(49)36(47)34(45)30(25-42)55-41/h5-6,8-9,11-12,14-15,17-18,20-21,29-31,34-42,45-50H,3-4,7,10,13,16,19,22-28H2,1-2H3/b6-5-,9-8-,12-11-,15-14-,18-17-,21-20-. The van der Waals surface area contributed by atoms with Crippen molar-refractivity contribution in [2.24, 2.45) is 0 Å². The van der Waals surface area contributed by atoms with Crippen LogP contribution in [0.4, 0.5) is 0 Å². The average Bonchev–Trinajstić information content (AvgIpc) is 3.18. The largest absolute Gasteiger partial charge is 0.462 e. The van der Waals surface area contributed by atoms with E-state index in [2.05, 4.69) is 61.6 Å². The zero-order valence-electron chi connectivity index (χ0n) is 32.6. The number of hydrogen-bond donors (Lipinski definition) is 7. The van der Waals surface area contributed by atoms with Gasteiger partial charge in [-0.3, -0.25) is 9.59 Å². The van der Waals surface area contributed by atoms with Crippen LogP contribution in [0.15, 0.2) is 72.9 Å². The minimum atomic E-state index is -1.78. The molecule has 2 aliphatic rings. The lowest BCUT2D eigenvalue weighted by molar-refractivity contribution is -0.332. The van der Waals surface area contributed by atoms with E-state index >= 15 is 0 Å². The second kappa shape index (κ2) is 29.2. The van der Waals surface area contributed by atoms with Gasteiger partial charge in [-0.2, -0.15) is 0 Å². The van der Waals surface area contributed by atoms with E-state index in [1.165, 1.54) is 0 Å². The number of esters is 2. The number of hydrogen-bond acceptors (Lipinski definition) is 15. The fourth-order valence-corrected chi connectivity index (χ4v) is 5.45. The van der Waals surface area contributed by atoms with Crippen LogP contribution in [0.3, 0.4) is 0 Å². The van der Waals surface area contributed by atoms with Crippen LogP contribution in [0.1, 0.15) is 78.1 Å². The summed E-state index contributed by atoms with van der Waals surface area (Å²) in [5.74, 6) is -1.10. The molecular formula is C41H64O15. The Kier molecular flexibility index (Phi) is 25.6. The second-order valence-corrected chi connectivity index (χ2v) is 13.4. The molecule has 0 bridgehead atoms. The maximum atomic E-state index is 12.7. The van der Waals surface area contributed by atoms with Crippen molar-refractivity contribution in [3.8, 4) is 0 Å². The van der Waals surface area contributed by atoms with Gasteiger partial charge < -0.3 is 64.2 Å². The maximum Gasteiger partial charge on any atom is 0.306 e. The van der Waals surface area contributed by atoms with Crippen molar-refractivity contribution in [1.82, 2.24) is 0 Å². The average molecular weight is 797 g/mol. The normalized spacial score (nSPS) is 29.4. The van der Waals surface area contributed by atoms with Crippen molar-refractivity contribution in [1.29, 1.82) is 0 Å². The summed E-state index contributed by atoms with van der Waals surface area (Å²) in [6, 6.07) is 0. The van der Waals surface area contributed by atoms with Crippen LogP contribution in [0.5, 0.6) is 0 Å². The number of carbonyl (C=O) groups is 2. The predicted octanol–water partition coefficient (Wildman–Crippen LogP) is 2.36. The van der Waals surface area contributed by atoms with E-state index in [0.717, 1.165) is 32.1 Å². The number of ether oxygens (including phenoxy) is 6. The third-order valence-electron chi connectivity index (χ3n) is 8.68. The lowest BCUT2D eigenvalue weighted by Crippen LogP contribution is -2.61. The number of carbonyl (C=O) groups excluding carboxylic acids is 2. The molecule has 7 N–H and O–H groups in total. The van der Waals surface area contributed by atoms with Crippen LogP contribution < -0.4 is 0 Å². The lowest BCUT2D eigenvalue weighted by Gasteiger charge is -2.42. The number of allylic oxidation sites excluding steroid dienone is 12. The van der Waals surface area contributed by atoms with E-state index in [0.29, 0.717) is 19.3 Å². The van der Waals surface area contributed by atoms with E-state index in [4.69, 9.17) is 28.4 Å². The molecule has 2 heterocycles. The Morgan fingerprint density at radius 3 is 1.57 bits per heavy atom. The molecule has 56 heavy (non-hydrogen) atoms. The van der Waals surface area contributed by atoms with Crippen LogP contribution in [-0.2, 0) is 38.0 Å². The number of rotatable bonds is 26. The smallest absolute Gasteiger partial charge is 0.306 e. The molecule has 0 amide bonds. The van der Waals surface area contributed by atoms with Crippen molar-refractivity contribution in [2.45, 2.75) is 146 Å². The SMILES string of the molecule is CC/C=C\C/C=C\C/C=C\C/C=C\C/C=C\C/C=C\CCC(=O)OC(COC(=O)CCC)COC1OC(COC2OC(CO)C(O)C(O)C2O)C(O)C(O)C1O. The first-order valence-corrected chi connectivity index (χ1v) is 19.5. The third-order valence-corrected chi connectivity index (χ3v) is 8.68. The fraction of sp³-hybridized carbons (Fsp3) is 0.659. The Morgan fingerprint density at radius 1 is 0.571 bits per heavy atom. The summed E-state index contributed by atoms with van der Waals surface area (Å²) in [4.78, 5) is 24.7. The number of aliphatic hydroxyl groups excluding tert-OH is 7. The van der Waals surface area contributed by atoms with E-state index in [1.807, 2.05) is 18.2 Å². The first-order valence-electron chi connectivity index (χ1n) is 19.5. The summed E-state index contributed by atoms with van der Waals surface area (Å²) >= 11 is 0. The van der Waals surface area contributed by atoms with Crippen LogP contribution in [0, 0.1) is 0 Å². The summed E-state index contributed by atoms with van der Waals surface area (Å²) in [5.41, 5.74) is 0.